The molecule has 0 atom stereocenters. The highest BCUT2D eigenvalue weighted by Crippen LogP contribution is 2.09. The molecule has 0 saturated carbocycles. The first-order chi connectivity index (χ1) is 8.09. The second-order valence-electron chi connectivity index (χ2n) is 4.25. The minimum absolute atomic E-state index is 0.0299. The molecule has 0 aromatic carbocycles. The largest absolute Gasteiger partial charge is 0.492 e. The molecule has 17 heavy (non-hydrogen) atoms. The summed E-state index contributed by atoms with van der Waals surface area (Å²) in [5.41, 5.74) is 0.471. The topological polar surface area (TPSA) is 51.2 Å². The van der Waals surface area contributed by atoms with Crippen LogP contribution >= 0.6 is 0 Å². The Kier molecular flexibility index (Phi) is 5.63. The van der Waals surface area contributed by atoms with Crippen LogP contribution in [-0.2, 0) is 0 Å². The van der Waals surface area contributed by atoms with Crippen molar-refractivity contribution in [2.75, 3.05) is 13.2 Å². The van der Waals surface area contributed by atoms with Crippen molar-refractivity contribution in [2.45, 2.75) is 33.2 Å². The average Bonchev–Trinajstić information content (AvgIpc) is 2.29. The number of hydrogen-bond acceptors (Lipinski definition) is 4. The summed E-state index contributed by atoms with van der Waals surface area (Å²) in [6.07, 6.45) is 2.54. The first-order valence-corrected chi connectivity index (χ1v) is 5.93. The third-order valence-electron chi connectivity index (χ3n) is 2.24. The van der Waals surface area contributed by atoms with Gasteiger partial charge in [-0.15, -0.1) is 0 Å². The van der Waals surface area contributed by atoms with E-state index in [0.717, 1.165) is 13.0 Å². The zero-order valence-electron chi connectivity index (χ0n) is 10.7. The highest BCUT2D eigenvalue weighted by molar-refractivity contribution is 5.92. The molecule has 0 fully saturated rings. The number of pyridine rings is 1. The first kappa shape index (κ1) is 13.6. The quantitative estimate of drug-likeness (QED) is 0.581. The number of ether oxygens (including phenoxy) is 1. The summed E-state index contributed by atoms with van der Waals surface area (Å²) in [5, 5.41) is 3.32. The number of ketones is 1. The highest BCUT2D eigenvalue weighted by Gasteiger charge is 2.01. The Labute approximate surface area is 102 Å². The molecule has 0 saturated heterocycles. The molecule has 0 unspecified atom stereocenters. The van der Waals surface area contributed by atoms with Crippen LogP contribution in [0.2, 0.25) is 0 Å². The zero-order chi connectivity index (χ0) is 12.7. The maximum Gasteiger partial charge on any atom is 0.178 e. The van der Waals surface area contributed by atoms with Gasteiger partial charge in [-0.3, -0.25) is 4.79 Å². The predicted molar refractivity (Wildman–Crippen MR) is 67.5 cm³/mol. The van der Waals surface area contributed by atoms with Crippen LogP contribution in [0.15, 0.2) is 18.3 Å². The molecular weight excluding hydrogens is 216 g/mol. The second kappa shape index (κ2) is 7.01. The zero-order valence-corrected chi connectivity index (χ0v) is 10.7. The number of nitrogens with zero attached hydrogens (tertiary/aromatic N) is 1. The van der Waals surface area contributed by atoms with Crippen molar-refractivity contribution in [3.05, 3.63) is 24.0 Å². The molecule has 0 amide bonds. The monoisotopic (exact) mass is 236 g/mol. The minimum Gasteiger partial charge on any atom is -0.492 e. The minimum atomic E-state index is -0.0299. The standard InChI is InChI=1S/C13H20N2O2/c1-10(2)14-7-4-8-17-12-5-6-13(11(3)16)15-9-12/h5-6,9-10,14H,4,7-8H2,1-3H3. The molecule has 0 spiro atoms. The number of carbonyl (C=O) groups is 1. The molecule has 1 heterocycles. The van der Waals surface area contributed by atoms with E-state index < -0.39 is 0 Å². The SMILES string of the molecule is CC(=O)c1ccc(OCCCNC(C)C)cn1. The lowest BCUT2D eigenvalue weighted by molar-refractivity contribution is 0.101. The third kappa shape index (κ3) is 5.45. The summed E-state index contributed by atoms with van der Waals surface area (Å²) in [6, 6.07) is 3.97. The van der Waals surface area contributed by atoms with E-state index in [1.807, 2.05) is 0 Å². The summed E-state index contributed by atoms with van der Waals surface area (Å²) in [5.74, 6) is 0.678. The summed E-state index contributed by atoms with van der Waals surface area (Å²) < 4.78 is 5.51. The normalized spacial score (nSPS) is 10.6. The van der Waals surface area contributed by atoms with Gasteiger partial charge in [0.1, 0.15) is 11.4 Å². The Bertz CT molecular complexity index is 347. The molecule has 0 aliphatic rings. The van der Waals surface area contributed by atoms with E-state index in [1.165, 1.54) is 6.92 Å². The molecule has 1 N–H and O–H groups in total. The Morgan fingerprint density at radius 2 is 2.24 bits per heavy atom. The van der Waals surface area contributed by atoms with Gasteiger partial charge in [0.2, 0.25) is 0 Å². The molecule has 0 aliphatic carbocycles. The van der Waals surface area contributed by atoms with Crippen LogP contribution in [0.3, 0.4) is 0 Å². The fraction of sp³-hybridized carbons (Fsp3) is 0.538. The van der Waals surface area contributed by atoms with Gasteiger partial charge in [0, 0.05) is 13.0 Å². The average molecular weight is 236 g/mol. The van der Waals surface area contributed by atoms with Crippen LogP contribution in [0.25, 0.3) is 0 Å². The van der Waals surface area contributed by atoms with E-state index in [1.54, 1.807) is 18.3 Å². The lowest BCUT2D eigenvalue weighted by Gasteiger charge is -2.09. The Balaban J connectivity index is 2.25. The molecule has 0 bridgehead atoms. The maximum atomic E-state index is 11.0. The van der Waals surface area contributed by atoms with Crippen molar-refractivity contribution in [1.29, 1.82) is 0 Å². The van der Waals surface area contributed by atoms with Crippen LogP contribution in [0.1, 0.15) is 37.7 Å². The first-order valence-electron chi connectivity index (χ1n) is 5.93. The molecule has 0 aliphatic heterocycles. The lowest BCUT2D eigenvalue weighted by atomic mass is 10.3. The van der Waals surface area contributed by atoms with Crippen LogP contribution < -0.4 is 10.1 Å². The molecule has 1 aromatic rings. The van der Waals surface area contributed by atoms with Crippen molar-refractivity contribution < 1.29 is 9.53 Å². The van der Waals surface area contributed by atoms with Crippen molar-refractivity contribution in [3.8, 4) is 5.75 Å². The Morgan fingerprint density at radius 1 is 1.47 bits per heavy atom. The van der Waals surface area contributed by atoms with Gasteiger partial charge >= 0.3 is 0 Å². The smallest absolute Gasteiger partial charge is 0.178 e. The predicted octanol–water partition coefficient (Wildman–Crippen LogP) is 2.05. The summed E-state index contributed by atoms with van der Waals surface area (Å²) >= 11 is 0. The summed E-state index contributed by atoms with van der Waals surface area (Å²) in [7, 11) is 0. The number of aromatic nitrogens is 1. The van der Waals surface area contributed by atoms with Crippen molar-refractivity contribution in [3.63, 3.8) is 0 Å². The molecule has 94 valence electrons. The fourth-order valence-electron chi connectivity index (χ4n) is 1.33. The van der Waals surface area contributed by atoms with E-state index in [4.69, 9.17) is 4.74 Å². The Hall–Kier alpha value is -1.42. The van der Waals surface area contributed by atoms with Crippen LogP contribution in [-0.4, -0.2) is 30.0 Å². The van der Waals surface area contributed by atoms with Crippen LogP contribution in [0.4, 0.5) is 0 Å². The van der Waals surface area contributed by atoms with Crippen LogP contribution in [0.5, 0.6) is 5.75 Å². The van der Waals surface area contributed by atoms with E-state index in [-0.39, 0.29) is 5.78 Å². The van der Waals surface area contributed by atoms with Gasteiger partial charge in [-0.1, -0.05) is 13.8 Å². The molecule has 0 radical (unpaired) electrons. The molecule has 1 aromatic heterocycles. The van der Waals surface area contributed by atoms with Crippen molar-refractivity contribution >= 4 is 5.78 Å². The van der Waals surface area contributed by atoms with Gasteiger partial charge in [-0.2, -0.15) is 0 Å². The Morgan fingerprint density at radius 3 is 2.76 bits per heavy atom. The number of carbonyl (C=O) groups excluding carboxylic acids is 1. The van der Waals surface area contributed by atoms with E-state index >= 15 is 0 Å². The van der Waals surface area contributed by atoms with Gasteiger partial charge in [0.15, 0.2) is 5.78 Å². The number of rotatable bonds is 7. The number of Topliss-reactive ketones (excluding diaryl/α,β-unsaturated/α-hetero) is 1. The van der Waals surface area contributed by atoms with Crippen LogP contribution in [0, 0.1) is 0 Å². The molecule has 1 rings (SSSR count). The van der Waals surface area contributed by atoms with E-state index in [9.17, 15) is 4.79 Å². The van der Waals surface area contributed by atoms with Gasteiger partial charge in [-0.05, 0) is 25.1 Å². The highest BCUT2D eigenvalue weighted by atomic mass is 16.5. The van der Waals surface area contributed by atoms with Gasteiger partial charge in [0.05, 0.1) is 12.8 Å². The van der Waals surface area contributed by atoms with Gasteiger partial charge in [-0.25, -0.2) is 4.98 Å². The van der Waals surface area contributed by atoms with E-state index in [0.29, 0.717) is 24.1 Å². The lowest BCUT2D eigenvalue weighted by Crippen LogP contribution is -2.24. The molecule has 4 nitrogen and oxygen atoms in total. The maximum absolute atomic E-state index is 11.0. The summed E-state index contributed by atoms with van der Waals surface area (Å²) in [4.78, 5) is 15.0. The number of nitrogens with one attached hydrogen (secondary N) is 1. The summed E-state index contributed by atoms with van der Waals surface area (Å²) in [6.45, 7) is 7.33. The number of hydrogen-bond donors (Lipinski definition) is 1. The van der Waals surface area contributed by atoms with Gasteiger partial charge in [0.25, 0.3) is 0 Å². The fourth-order valence-corrected chi connectivity index (χ4v) is 1.33. The van der Waals surface area contributed by atoms with Gasteiger partial charge < -0.3 is 10.1 Å². The third-order valence-corrected chi connectivity index (χ3v) is 2.24. The van der Waals surface area contributed by atoms with Crippen molar-refractivity contribution in [1.82, 2.24) is 10.3 Å². The second-order valence-corrected chi connectivity index (χ2v) is 4.25. The molecular formula is C13H20N2O2. The molecule has 4 heteroatoms. The van der Waals surface area contributed by atoms with E-state index in [2.05, 4.69) is 24.1 Å². The van der Waals surface area contributed by atoms with Crippen molar-refractivity contribution in [2.24, 2.45) is 0 Å².